The highest BCUT2D eigenvalue weighted by Gasteiger charge is 2.12. The molecule has 0 bridgehead atoms. The van der Waals surface area contributed by atoms with Crippen LogP contribution >= 0.6 is 11.6 Å². The number of pyridine rings is 1. The first-order valence-corrected chi connectivity index (χ1v) is 5.14. The predicted octanol–water partition coefficient (Wildman–Crippen LogP) is 2.92. The predicted molar refractivity (Wildman–Crippen MR) is 59.7 cm³/mol. The molecular formula is C11H11ClN2O. The summed E-state index contributed by atoms with van der Waals surface area (Å²) < 4.78 is 1.92. The molecule has 78 valence electrons. The average Bonchev–Trinajstić information content (AvgIpc) is 2.56. The number of imidazole rings is 1. The molecule has 0 aliphatic heterocycles. The maximum Gasteiger partial charge on any atom is 0.155 e. The van der Waals surface area contributed by atoms with Gasteiger partial charge in [-0.05, 0) is 12.1 Å². The van der Waals surface area contributed by atoms with Crippen molar-refractivity contribution in [1.29, 1.82) is 0 Å². The Labute approximate surface area is 92.7 Å². The summed E-state index contributed by atoms with van der Waals surface area (Å²) >= 11 is 6.00. The highest BCUT2D eigenvalue weighted by molar-refractivity contribution is 6.32. The Morgan fingerprint density at radius 2 is 2.27 bits per heavy atom. The fourth-order valence-corrected chi connectivity index (χ4v) is 1.80. The summed E-state index contributed by atoms with van der Waals surface area (Å²) in [4.78, 5) is 14.9. The van der Waals surface area contributed by atoms with Crippen LogP contribution in [-0.4, -0.2) is 15.7 Å². The second-order valence-electron chi connectivity index (χ2n) is 3.75. The maximum absolute atomic E-state index is 10.6. The van der Waals surface area contributed by atoms with E-state index in [4.69, 9.17) is 11.6 Å². The Bertz CT molecular complexity index is 517. The van der Waals surface area contributed by atoms with Crippen molar-refractivity contribution in [1.82, 2.24) is 9.38 Å². The molecule has 0 amide bonds. The van der Waals surface area contributed by atoms with Gasteiger partial charge in [0.15, 0.2) is 5.15 Å². The Kier molecular flexibility index (Phi) is 2.49. The first-order valence-electron chi connectivity index (χ1n) is 4.76. The highest BCUT2D eigenvalue weighted by atomic mass is 35.5. The van der Waals surface area contributed by atoms with Crippen LogP contribution in [0.25, 0.3) is 5.52 Å². The zero-order valence-electron chi connectivity index (χ0n) is 8.57. The molecule has 2 aromatic heterocycles. The van der Waals surface area contributed by atoms with Gasteiger partial charge in [0.2, 0.25) is 0 Å². The Hall–Kier alpha value is -1.35. The van der Waals surface area contributed by atoms with Gasteiger partial charge in [0.25, 0.3) is 0 Å². The molecule has 0 saturated heterocycles. The maximum atomic E-state index is 10.6. The molecule has 0 radical (unpaired) electrons. The van der Waals surface area contributed by atoms with Crippen LogP contribution < -0.4 is 0 Å². The zero-order valence-corrected chi connectivity index (χ0v) is 9.32. The molecule has 0 fully saturated rings. The molecule has 0 unspecified atom stereocenters. The van der Waals surface area contributed by atoms with Gasteiger partial charge >= 0.3 is 0 Å². The number of halogens is 1. The summed E-state index contributed by atoms with van der Waals surface area (Å²) in [6.07, 6.45) is 2.63. The number of aldehydes is 1. The molecule has 3 nitrogen and oxygen atoms in total. The van der Waals surface area contributed by atoms with Crippen molar-refractivity contribution < 1.29 is 4.79 Å². The number of aromatic nitrogens is 2. The van der Waals surface area contributed by atoms with Crippen LogP contribution in [0.5, 0.6) is 0 Å². The topological polar surface area (TPSA) is 34.4 Å². The summed E-state index contributed by atoms with van der Waals surface area (Å²) in [5, 5.41) is 0.447. The molecule has 15 heavy (non-hydrogen) atoms. The van der Waals surface area contributed by atoms with Crippen LogP contribution in [0.15, 0.2) is 18.3 Å². The van der Waals surface area contributed by atoms with Crippen LogP contribution in [-0.2, 0) is 0 Å². The van der Waals surface area contributed by atoms with Gasteiger partial charge in [-0.1, -0.05) is 25.4 Å². The van der Waals surface area contributed by atoms with E-state index in [0.717, 1.165) is 17.6 Å². The van der Waals surface area contributed by atoms with Gasteiger partial charge in [-0.2, -0.15) is 0 Å². The number of hydrogen-bond acceptors (Lipinski definition) is 2. The van der Waals surface area contributed by atoms with Crippen LogP contribution in [0.2, 0.25) is 5.15 Å². The van der Waals surface area contributed by atoms with Crippen LogP contribution in [0.3, 0.4) is 0 Å². The molecule has 0 aromatic carbocycles. The van der Waals surface area contributed by atoms with Crippen LogP contribution in [0, 0.1) is 0 Å². The third-order valence-corrected chi connectivity index (χ3v) is 2.58. The lowest BCUT2D eigenvalue weighted by molar-refractivity contribution is 0.112. The fraction of sp³-hybridized carbons (Fsp3) is 0.273. The number of nitrogens with zero attached hydrogens (tertiary/aromatic N) is 2. The summed E-state index contributed by atoms with van der Waals surface area (Å²) in [6, 6.07) is 3.50. The van der Waals surface area contributed by atoms with Gasteiger partial charge in [0, 0.05) is 17.7 Å². The molecular weight excluding hydrogens is 212 g/mol. The molecule has 0 aliphatic carbocycles. The van der Waals surface area contributed by atoms with E-state index >= 15 is 0 Å². The van der Waals surface area contributed by atoms with E-state index in [2.05, 4.69) is 18.8 Å². The van der Waals surface area contributed by atoms with Gasteiger partial charge < -0.3 is 4.40 Å². The summed E-state index contributed by atoms with van der Waals surface area (Å²) in [5.74, 6) is 1.21. The minimum Gasteiger partial charge on any atom is -0.302 e. The number of rotatable bonds is 2. The van der Waals surface area contributed by atoms with E-state index in [1.165, 1.54) is 0 Å². The lowest BCUT2D eigenvalue weighted by Gasteiger charge is -2.03. The molecule has 0 N–H and O–H groups in total. The number of carbonyl (C=O) groups excluding carboxylic acids is 1. The summed E-state index contributed by atoms with van der Waals surface area (Å²) in [7, 11) is 0. The van der Waals surface area contributed by atoms with Gasteiger partial charge in [-0.3, -0.25) is 4.79 Å². The van der Waals surface area contributed by atoms with Crippen molar-refractivity contribution >= 4 is 23.4 Å². The standard InChI is InChI=1S/C11H11ClN2O/c1-7(2)11-13-10(12)9-5-8(6-15)3-4-14(9)11/h3-7H,1-2H3. The minimum atomic E-state index is 0.298. The van der Waals surface area contributed by atoms with Crippen molar-refractivity contribution in [3.63, 3.8) is 0 Å². The van der Waals surface area contributed by atoms with Crippen molar-refractivity contribution in [3.8, 4) is 0 Å². The lowest BCUT2D eigenvalue weighted by atomic mass is 10.2. The first kappa shape index (κ1) is 10.2. The molecule has 0 saturated carbocycles. The lowest BCUT2D eigenvalue weighted by Crippen LogP contribution is -1.96. The average molecular weight is 223 g/mol. The molecule has 0 spiro atoms. The van der Waals surface area contributed by atoms with Gasteiger partial charge in [0.05, 0.1) is 5.52 Å². The second kappa shape index (κ2) is 3.66. The molecule has 2 aromatic rings. The van der Waals surface area contributed by atoms with Crippen molar-refractivity contribution in [3.05, 3.63) is 34.9 Å². The van der Waals surface area contributed by atoms with E-state index in [0.29, 0.717) is 16.6 Å². The number of hydrogen-bond donors (Lipinski definition) is 0. The largest absolute Gasteiger partial charge is 0.302 e. The van der Waals surface area contributed by atoms with Crippen molar-refractivity contribution in [2.75, 3.05) is 0 Å². The monoisotopic (exact) mass is 222 g/mol. The van der Waals surface area contributed by atoms with E-state index in [1.807, 2.05) is 10.6 Å². The smallest absolute Gasteiger partial charge is 0.155 e. The molecule has 2 heterocycles. The van der Waals surface area contributed by atoms with E-state index in [1.54, 1.807) is 12.1 Å². The normalized spacial score (nSPS) is 11.2. The molecule has 2 rings (SSSR count). The van der Waals surface area contributed by atoms with Gasteiger partial charge in [-0.25, -0.2) is 4.98 Å². The molecule has 0 aliphatic rings. The van der Waals surface area contributed by atoms with E-state index < -0.39 is 0 Å². The Morgan fingerprint density at radius 1 is 1.53 bits per heavy atom. The van der Waals surface area contributed by atoms with Crippen LogP contribution in [0.4, 0.5) is 0 Å². The SMILES string of the molecule is CC(C)c1nc(Cl)c2cc(C=O)ccn12. The third-order valence-electron chi connectivity index (χ3n) is 2.30. The second-order valence-corrected chi connectivity index (χ2v) is 4.11. The number of fused-ring (bicyclic) bond motifs is 1. The summed E-state index contributed by atoms with van der Waals surface area (Å²) in [6.45, 7) is 4.11. The third kappa shape index (κ3) is 1.63. The first-order chi connectivity index (χ1) is 7.13. The highest BCUT2D eigenvalue weighted by Crippen LogP contribution is 2.23. The zero-order chi connectivity index (χ0) is 11.0. The van der Waals surface area contributed by atoms with Gasteiger partial charge in [-0.15, -0.1) is 0 Å². The Balaban J connectivity index is 2.74. The van der Waals surface area contributed by atoms with Crippen molar-refractivity contribution in [2.45, 2.75) is 19.8 Å². The van der Waals surface area contributed by atoms with E-state index in [-0.39, 0.29) is 0 Å². The number of carbonyl (C=O) groups is 1. The molecule has 0 atom stereocenters. The van der Waals surface area contributed by atoms with Crippen molar-refractivity contribution in [2.24, 2.45) is 0 Å². The summed E-state index contributed by atoms with van der Waals surface area (Å²) in [5.41, 5.74) is 1.39. The van der Waals surface area contributed by atoms with Gasteiger partial charge in [0.1, 0.15) is 12.1 Å². The minimum absolute atomic E-state index is 0.298. The van der Waals surface area contributed by atoms with E-state index in [9.17, 15) is 4.79 Å². The molecule has 4 heteroatoms. The quantitative estimate of drug-likeness (QED) is 0.733. The Morgan fingerprint density at radius 3 is 2.87 bits per heavy atom. The fourth-order valence-electron chi connectivity index (χ4n) is 1.57. The van der Waals surface area contributed by atoms with Crippen LogP contribution in [0.1, 0.15) is 35.9 Å².